The average molecular weight is 300 g/mol. The summed E-state index contributed by atoms with van der Waals surface area (Å²) < 4.78 is 12.1. The molecule has 0 radical (unpaired) electrons. The van der Waals surface area contributed by atoms with Crippen LogP contribution in [0, 0.1) is 0 Å². The first kappa shape index (κ1) is 14.3. The minimum atomic E-state index is -0.824. The van der Waals surface area contributed by atoms with E-state index in [9.17, 15) is 9.59 Å². The van der Waals surface area contributed by atoms with Crippen molar-refractivity contribution >= 4 is 11.9 Å². The third-order valence-electron chi connectivity index (χ3n) is 3.83. The number of ether oxygens (including phenoxy) is 2. The van der Waals surface area contributed by atoms with Gasteiger partial charge < -0.3 is 14.0 Å². The van der Waals surface area contributed by atoms with E-state index < -0.39 is 11.6 Å². The van der Waals surface area contributed by atoms with Gasteiger partial charge in [-0.25, -0.2) is 14.6 Å². The number of rotatable bonds is 2. The number of carbonyl (C=O) groups excluding carboxylic acids is 2. The van der Waals surface area contributed by atoms with Crippen molar-refractivity contribution in [2.24, 2.45) is 0 Å². The molecule has 0 aliphatic carbocycles. The molecule has 0 bridgehead atoms. The molecule has 22 heavy (non-hydrogen) atoms. The minimum absolute atomic E-state index is 0.313. The van der Waals surface area contributed by atoms with Gasteiger partial charge in [-0.2, -0.15) is 0 Å². The van der Waals surface area contributed by atoms with E-state index in [1.54, 1.807) is 23.0 Å². The highest BCUT2D eigenvalue weighted by atomic mass is 16.6. The summed E-state index contributed by atoms with van der Waals surface area (Å²) in [5.41, 5.74) is 0.783. The summed E-state index contributed by atoms with van der Waals surface area (Å²) in [7, 11) is 1.32. The van der Waals surface area contributed by atoms with Crippen LogP contribution in [-0.4, -0.2) is 34.2 Å². The molecule has 0 spiro atoms. The van der Waals surface area contributed by atoms with Crippen molar-refractivity contribution in [2.45, 2.75) is 25.5 Å². The Morgan fingerprint density at radius 2 is 2.09 bits per heavy atom. The third kappa shape index (κ3) is 2.07. The standard InChI is InChI=1S/C16H16N2O4/c1-16(2)13(18-9-17-8-12(18)15(20)21-3)10-6-4-5-7-11(10)14(19)22-16/h4-9,13H,1-3H3. The molecule has 0 saturated carbocycles. The molecule has 0 saturated heterocycles. The quantitative estimate of drug-likeness (QED) is 0.795. The zero-order valence-corrected chi connectivity index (χ0v) is 12.6. The highest BCUT2D eigenvalue weighted by Gasteiger charge is 2.43. The number of nitrogens with zero attached hydrogens (tertiary/aromatic N) is 2. The minimum Gasteiger partial charge on any atom is -0.464 e. The number of aromatic nitrogens is 2. The van der Waals surface area contributed by atoms with Crippen molar-refractivity contribution < 1.29 is 19.1 Å². The Morgan fingerprint density at radius 3 is 2.82 bits per heavy atom. The molecule has 1 aliphatic heterocycles. The van der Waals surface area contributed by atoms with Crippen LogP contribution in [-0.2, 0) is 9.47 Å². The van der Waals surface area contributed by atoms with E-state index in [4.69, 9.17) is 9.47 Å². The van der Waals surface area contributed by atoms with E-state index >= 15 is 0 Å². The van der Waals surface area contributed by atoms with Crippen LogP contribution in [0.3, 0.4) is 0 Å². The van der Waals surface area contributed by atoms with Crippen LogP contribution in [0.15, 0.2) is 36.8 Å². The number of methoxy groups -OCH3 is 1. The second kappa shape index (κ2) is 4.98. The van der Waals surface area contributed by atoms with Gasteiger partial charge >= 0.3 is 11.9 Å². The van der Waals surface area contributed by atoms with Crippen LogP contribution in [0.2, 0.25) is 0 Å². The highest BCUT2D eigenvalue weighted by Crippen LogP contribution is 2.40. The smallest absolute Gasteiger partial charge is 0.356 e. The molecular formula is C16H16N2O4. The number of benzene rings is 1. The van der Waals surface area contributed by atoms with Gasteiger partial charge in [0, 0.05) is 0 Å². The fraction of sp³-hybridized carbons (Fsp3) is 0.312. The van der Waals surface area contributed by atoms with E-state index in [2.05, 4.69) is 4.98 Å². The summed E-state index contributed by atoms with van der Waals surface area (Å²) in [6.07, 6.45) is 3.00. The number of cyclic esters (lactones) is 1. The fourth-order valence-corrected chi connectivity index (χ4v) is 2.90. The van der Waals surface area contributed by atoms with Gasteiger partial charge in [0.05, 0.1) is 25.2 Å². The van der Waals surface area contributed by atoms with Gasteiger partial charge in [0.25, 0.3) is 0 Å². The summed E-state index contributed by atoms with van der Waals surface area (Å²) in [5.74, 6) is -0.848. The Hall–Kier alpha value is -2.63. The number of imidazole rings is 1. The molecule has 1 aliphatic rings. The topological polar surface area (TPSA) is 70.4 Å². The third-order valence-corrected chi connectivity index (χ3v) is 3.83. The van der Waals surface area contributed by atoms with E-state index in [1.165, 1.54) is 13.3 Å². The molecule has 6 heteroatoms. The lowest BCUT2D eigenvalue weighted by Crippen LogP contribution is -2.44. The summed E-state index contributed by atoms with van der Waals surface area (Å²) in [4.78, 5) is 28.1. The molecule has 2 aromatic rings. The van der Waals surface area contributed by atoms with Crippen LogP contribution in [0.4, 0.5) is 0 Å². The number of hydrogen-bond acceptors (Lipinski definition) is 5. The zero-order chi connectivity index (χ0) is 15.9. The Labute approximate surface area is 127 Å². The molecule has 0 amide bonds. The van der Waals surface area contributed by atoms with Crippen LogP contribution >= 0.6 is 0 Å². The average Bonchev–Trinajstić information content (AvgIpc) is 2.94. The Bertz CT molecular complexity index is 748. The van der Waals surface area contributed by atoms with Crippen molar-refractivity contribution in [3.8, 4) is 0 Å². The van der Waals surface area contributed by atoms with Crippen molar-refractivity contribution in [3.63, 3.8) is 0 Å². The van der Waals surface area contributed by atoms with Gasteiger partial charge in [0.15, 0.2) is 0 Å². The first-order chi connectivity index (χ1) is 10.5. The molecule has 6 nitrogen and oxygen atoms in total. The summed E-state index contributed by atoms with van der Waals surface area (Å²) in [6, 6.07) is 6.86. The number of carbonyl (C=O) groups is 2. The van der Waals surface area contributed by atoms with Crippen LogP contribution in [0.25, 0.3) is 0 Å². The number of esters is 2. The Balaban J connectivity index is 2.21. The summed E-state index contributed by atoms with van der Waals surface area (Å²) in [6.45, 7) is 3.62. The van der Waals surface area contributed by atoms with Gasteiger partial charge in [-0.3, -0.25) is 0 Å². The van der Waals surface area contributed by atoms with Crippen molar-refractivity contribution in [1.29, 1.82) is 0 Å². The molecule has 1 aromatic carbocycles. The number of hydrogen-bond donors (Lipinski definition) is 0. The molecule has 0 N–H and O–H groups in total. The maximum absolute atomic E-state index is 12.2. The molecule has 1 unspecified atom stereocenters. The summed E-state index contributed by atoms with van der Waals surface area (Å²) in [5, 5.41) is 0. The lowest BCUT2D eigenvalue weighted by Gasteiger charge is -2.40. The van der Waals surface area contributed by atoms with Crippen molar-refractivity contribution in [3.05, 3.63) is 53.6 Å². The Kier molecular flexibility index (Phi) is 3.24. The second-order valence-electron chi connectivity index (χ2n) is 5.66. The van der Waals surface area contributed by atoms with Gasteiger partial charge in [-0.05, 0) is 25.5 Å². The predicted molar refractivity (Wildman–Crippen MR) is 77.6 cm³/mol. The van der Waals surface area contributed by atoms with E-state index in [1.807, 2.05) is 26.0 Å². The van der Waals surface area contributed by atoms with Crippen molar-refractivity contribution in [2.75, 3.05) is 7.11 Å². The van der Waals surface area contributed by atoms with Gasteiger partial charge in [-0.1, -0.05) is 18.2 Å². The van der Waals surface area contributed by atoms with Gasteiger partial charge in [0.1, 0.15) is 17.3 Å². The number of fused-ring (bicyclic) bond motifs is 1. The lowest BCUT2D eigenvalue weighted by molar-refractivity contribution is -0.0265. The SMILES string of the molecule is COC(=O)c1cncn1C1c2ccccc2C(=O)OC1(C)C. The molecule has 114 valence electrons. The maximum atomic E-state index is 12.2. The monoisotopic (exact) mass is 300 g/mol. The predicted octanol–water partition coefficient (Wildman–Crippen LogP) is 2.21. The molecule has 0 fully saturated rings. The zero-order valence-electron chi connectivity index (χ0n) is 12.6. The van der Waals surface area contributed by atoms with Crippen LogP contribution in [0.1, 0.15) is 46.3 Å². The summed E-state index contributed by atoms with van der Waals surface area (Å²) >= 11 is 0. The molecule has 1 atom stereocenters. The van der Waals surface area contributed by atoms with Crippen LogP contribution < -0.4 is 0 Å². The largest absolute Gasteiger partial charge is 0.464 e. The van der Waals surface area contributed by atoms with Gasteiger partial charge in [0.2, 0.25) is 0 Å². The molecule has 1 aromatic heterocycles. The maximum Gasteiger partial charge on any atom is 0.356 e. The fourth-order valence-electron chi connectivity index (χ4n) is 2.90. The first-order valence-electron chi connectivity index (χ1n) is 6.88. The highest BCUT2D eigenvalue weighted by molar-refractivity contribution is 5.93. The van der Waals surface area contributed by atoms with E-state index in [0.717, 1.165) is 5.56 Å². The van der Waals surface area contributed by atoms with Crippen LogP contribution in [0.5, 0.6) is 0 Å². The normalized spacial score (nSPS) is 19.2. The molecule has 2 heterocycles. The lowest BCUT2D eigenvalue weighted by atomic mass is 9.85. The van der Waals surface area contributed by atoms with E-state index in [0.29, 0.717) is 11.3 Å². The van der Waals surface area contributed by atoms with Gasteiger partial charge in [-0.15, -0.1) is 0 Å². The van der Waals surface area contributed by atoms with E-state index in [-0.39, 0.29) is 12.0 Å². The molecule has 3 rings (SSSR count). The Morgan fingerprint density at radius 1 is 1.36 bits per heavy atom. The molecular weight excluding hydrogens is 284 g/mol. The first-order valence-corrected chi connectivity index (χ1v) is 6.88. The second-order valence-corrected chi connectivity index (χ2v) is 5.66. The van der Waals surface area contributed by atoms with Crippen molar-refractivity contribution in [1.82, 2.24) is 9.55 Å².